The Morgan fingerprint density at radius 1 is 0.943 bits per heavy atom. The van der Waals surface area contributed by atoms with E-state index in [1.165, 1.54) is 36.0 Å². The summed E-state index contributed by atoms with van der Waals surface area (Å²) in [5.41, 5.74) is 6.11. The van der Waals surface area contributed by atoms with Crippen LogP contribution >= 0.6 is 23.5 Å². The summed E-state index contributed by atoms with van der Waals surface area (Å²) in [4.78, 5) is 67.4. The lowest BCUT2D eigenvalue weighted by Gasteiger charge is -2.25. The lowest BCUT2D eigenvalue weighted by molar-refractivity contribution is -0.142. The van der Waals surface area contributed by atoms with Gasteiger partial charge in [0.2, 0.25) is 17.7 Å². The zero-order valence-electron chi connectivity index (χ0n) is 19.5. The summed E-state index contributed by atoms with van der Waals surface area (Å²) in [5, 5.41) is 25.8. The molecule has 1 rings (SSSR count). The second-order valence-corrected chi connectivity index (χ2v) is 9.54. The van der Waals surface area contributed by atoms with Gasteiger partial charge in [-0.3, -0.25) is 19.2 Å². The van der Waals surface area contributed by atoms with Gasteiger partial charge in [-0.1, -0.05) is 0 Å². The molecule has 0 aliphatic carbocycles. The third-order valence-corrected chi connectivity index (χ3v) is 6.10. The van der Waals surface area contributed by atoms with Gasteiger partial charge >= 0.3 is 11.9 Å². The third-order valence-electron chi connectivity index (χ3n) is 4.81. The van der Waals surface area contributed by atoms with E-state index in [0.717, 1.165) is 0 Å². The quantitative estimate of drug-likeness (QED) is 0.126. The van der Waals surface area contributed by atoms with Crippen molar-refractivity contribution < 1.29 is 34.2 Å². The maximum Gasteiger partial charge on any atom is 0.326 e. The van der Waals surface area contributed by atoms with E-state index in [9.17, 15) is 29.1 Å². The molecule has 3 amide bonds. The van der Waals surface area contributed by atoms with Crippen LogP contribution in [0.5, 0.6) is 0 Å². The number of carbonyl (C=O) groups excluding carboxylic acids is 3. The van der Waals surface area contributed by atoms with Crippen LogP contribution in [0, 0.1) is 0 Å². The highest BCUT2D eigenvalue weighted by Gasteiger charge is 2.30. The van der Waals surface area contributed by atoms with Crippen LogP contribution in [0.25, 0.3) is 0 Å². The second kappa shape index (κ2) is 16.0. The lowest BCUT2D eigenvalue weighted by atomic mass is 10.1. The Kier molecular flexibility index (Phi) is 13.8. The highest BCUT2D eigenvalue weighted by molar-refractivity contribution is 7.98. The van der Waals surface area contributed by atoms with E-state index in [1.54, 1.807) is 0 Å². The van der Waals surface area contributed by atoms with Crippen molar-refractivity contribution in [3.8, 4) is 0 Å². The Hall–Kier alpha value is -2.78. The van der Waals surface area contributed by atoms with E-state index in [0.29, 0.717) is 17.2 Å². The first-order valence-corrected chi connectivity index (χ1v) is 13.4. The van der Waals surface area contributed by atoms with Gasteiger partial charge in [-0.25, -0.2) is 9.78 Å². The van der Waals surface area contributed by atoms with Gasteiger partial charge in [-0.15, -0.1) is 0 Å². The molecule has 15 heteroatoms. The number of amides is 3. The maximum absolute atomic E-state index is 13.1. The standard InChI is InChI=1S/C20H32N6O7S2/c1-34-5-3-13(18(30)25-14(20(32)33)4-6-35-2)24-19(31)15(7-11-9-22-10-23-11)26-17(29)12(21)8-16(27)28/h9-10,12-15H,3-8,21H2,1-2H3,(H,22,23)(H,24,31)(H,25,30)(H,26,29)(H,27,28)(H,32,33). The van der Waals surface area contributed by atoms with Crippen LogP contribution in [0.3, 0.4) is 0 Å². The average molecular weight is 533 g/mol. The number of aromatic amines is 1. The minimum Gasteiger partial charge on any atom is -0.481 e. The molecular formula is C20H32N6O7S2. The number of thioether (sulfide) groups is 2. The number of carbonyl (C=O) groups is 5. The number of hydrogen-bond donors (Lipinski definition) is 7. The normalized spacial score (nSPS) is 14.3. The van der Waals surface area contributed by atoms with E-state index in [4.69, 9.17) is 10.8 Å². The molecule has 1 aromatic rings. The summed E-state index contributed by atoms with van der Waals surface area (Å²) in [6.07, 6.45) is 6.25. The van der Waals surface area contributed by atoms with Crippen LogP contribution in [-0.4, -0.2) is 98.0 Å². The van der Waals surface area contributed by atoms with Gasteiger partial charge in [0, 0.05) is 18.3 Å². The van der Waals surface area contributed by atoms with E-state index in [1.807, 2.05) is 12.5 Å². The zero-order chi connectivity index (χ0) is 26.4. The third kappa shape index (κ3) is 11.5. The SMILES string of the molecule is CSCCC(NC(=O)C(CCSC)NC(=O)C(Cc1cnc[nH]1)NC(=O)C(N)CC(=O)O)C(=O)O. The molecule has 4 unspecified atom stereocenters. The number of hydrogen-bond acceptors (Lipinski definition) is 9. The number of carboxylic acid groups (broad SMARTS) is 2. The molecule has 0 saturated heterocycles. The Morgan fingerprint density at radius 2 is 1.49 bits per heavy atom. The fraction of sp³-hybridized carbons (Fsp3) is 0.600. The predicted molar refractivity (Wildman–Crippen MR) is 132 cm³/mol. The van der Waals surface area contributed by atoms with Crippen molar-refractivity contribution in [2.75, 3.05) is 24.0 Å². The van der Waals surface area contributed by atoms with Gasteiger partial charge < -0.3 is 36.9 Å². The van der Waals surface area contributed by atoms with Crippen molar-refractivity contribution in [1.29, 1.82) is 0 Å². The molecule has 0 aromatic carbocycles. The molecule has 0 saturated carbocycles. The number of nitrogens with zero attached hydrogens (tertiary/aromatic N) is 1. The molecule has 0 fully saturated rings. The van der Waals surface area contributed by atoms with Crippen LogP contribution in [0.2, 0.25) is 0 Å². The van der Waals surface area contributed by atoms with Crippen molar-refractivity contribution in [1.82, 2.24) is 25.9 Å². The number of imidazole rings is 1. The number of aliphatic carboxylic acids is 2. The first-order chi connectivity index (χ1) is 16.6. The molecular weight excluding hydrogens is 500 g/mol. The number of H-pyrrole nitrogens is 1. The summed E-state index contributed by atoms with van der Waals surface area (Å²) < 4.78 is 0. The Bertz CT molecular complexity index is 855. The maximum atomic E-state index is 13.1. The average Bonchev–Trinajstić information content (AvgIpc) is 3.31. The van der Waals surface area contributed by atoms with Crippen LogP contribution in [0.1, 0.15) is 25.0 Å². The Labute approximate surface area is 211 Å². The van der Waals surface area contributed by atoms with E-state index >= 15 is 0 Å². The molecule has 1 heterocycles. The topological polar surface area (TPSA) is 217 Å². The Balaban J connectivity index is 3.01. The van der Waals surface area contributed by atoms with Crippen LogP contribution < -0.4 is 21.7 Å². The molecule has 0 bridgehead atoms. The first kappa shape index (κ1) is 30.3. The molecule has 1 aromatic heterocycles. The summed E-state index contributed by atoms with van der Waals surface area (Å²) in [7, 11) is 0. The van der Waals surface area contributed by atoms with Gasteiger partial charge in [0.25, 0.3) is 0 Å². The van der Waals surface area contributed by atoms with Crippen molar-refractivity contribution in [3.05, 3.63) is 18.2 Å². The van der Waals surface area contributed by atoms with Crippen LogP contribution in [-0.2, 0) is 30.4 Å². The molecule has 0 aliphatic rings. The number of carboxylic acids is 2. The second-order valence-electron chi connectivity index (χ2n) is 7.57. The Morgan fingerprint density at radius 3 is 2.00 bits per heavy atom. The van der Waals surface area contributed by atoms with Crippen LogP contribution in [0.4, 0.5) is 0 Å². The summed E-state index contributed by atoms with van der Waals surface area (Å²) in [6.45, 7) is 0. The summed E-state index contributed by atoms with van der Waals surface area (Å²) in [5.74, 6) is -3.65. The van der Waals surface area contributed by atoms with Gasteiger partial charge in [0.05, 0.1) is 18.8 Å². The van der Waals surface area contributed by atoms with Gasteiger partial charge in [0.15, 0.2) is 0 Å². The predicted octanol–water partition coefficient (Wildman–Crippen LogP) is -1.20. The highest BCUT2D eigenvalue weighted by atomic mass is 32.2. The van der Waals surface area contributed by atoms with E-state index in [-0.39, 0.29) is 19.3 Å². The molecule has 0 aliphatic heterocycles. The fourth-order valence-corrected chi connectivity index (χ4v) is 3.87. The lowest BCUT2D eigenvalue weighted by Crippen LogP contribution is -2.58. The van der Waals surface area contributed by atoms with E-state index in [2.05, 4.69) is 25.9 Å². The number of nitrogens with one attached hydrogen (secondary N) is 4. The number of aromatic nitrogens is 2. The molecule has 0 radical (unpaired) electrons. The van der Waals surface area contributed by atoms with Gasteiger partial charge in [-0.2, -0.15) is 23.5 Å². The molecule has 8 N–H and O–H groups in total. The summed E-state index contributed by atoms with van der Waals surface area (Å²) in [6, 6.07) is -4.75. The largest absolute Gasteiger partial charge is 0.481 e. The minimum atomic E-state index is -1.38. The van der Waals surface area contributed by atoms with Crippen molar-refractivity contribution in [2.45, 2.75) is 49.9 Å². The monoisotopic (exact) mass is 532 g/mol. The van der Waals surface area contributed by atoms with Crippen molar-refractivity contribution in [3.63, 3.8) is 0 Å². The zero-order valence-corrected chi connectivity index (χ0v) is 21.1. The minimum absolute atomic E-state index is 0.0281. The molecule has 0 spiro atoms. The summed E-state index contributed by atoms with van der Waals surface area (Å²) >= 11 is 2.88. The molecule has 35 heavy (non-hydrogen) atoms. The number of nitrogens with two attached hydrogens (primary N) is 1. The fourth-order valence-electron chi connectivity index (χ4n) is 2.93. The van der Waals surface area contributed by atoms with Crippen molar-refractivity contribution >= 4 is 53.2 Å². The van der Waals surface area contributed by atoms with Gasteiger partial charge in [-0.05, 0) is 36.9 Å². The molecule has 4 atom stereocenters. The molecule has 196 valence electrons. The number of rotatable bonds is 17. The van der Waals surface area contributed by atoms with Crippen molar-refractivity contribution in [2.24, 2.45) is 5.73 Å². The van der Waals surface area contributed by atoms with Gasteiger partial charge in [0.1, 0.15) is 18.1 Å². The molecule has 13 nitrogen and oxygen atoms in total. The van der Waals surface area contributed by atoms with E-state index < -0.39 is 60.2 Å². The first-order valence-electron chi connectivity index (χ1n) is 10.6. The smallest absolute Gasteiger partial charge is 0.326 e. The van der Waals surface area contributed by atoms with Crippen LogP contribution in [0.15, 0.2) is 12.5 Å². The highest BCUT2D eigenvalue weighted by Crippen LogP contribution is 2.07.